The first kappa shape index (κ1) is 19.2. The van der Waals surface area contributed by atoms with Crippen molar-refractivity contribution in [2.45, 2.75) is 26.2 Å². The molecule has 1 fully saturated rings. The van der Waals surface area contributed by atoms with E-state index in [1.165, 1.54) is 4.31 Å². The van der Waals surface area contributed by atoms with E-state index in [0.29, 0.717) is 36.5 Å². The maximum Gasteiger partial charge on any atom is 0.255 e. The molecule has 27 heavy (non-hydrogen) atoms. The number of amides is 1. The summed E-state index contributed by atoms with van der Waals surface area (Å²) in [6, 6.07) is 13.9. The largest absolute Gasteiger partial charge is 0.494 e. The van der Waals surface area contributed by atoms with Crippen LogP contribution in [0.3, 0.4) is 0 Å². The molecule has 0 unspecified atom stereocenters. The molecule has 1 aliphatic heterocycles. The van der Waals surface area contributed by atoms with Gasteiger partial charge in [-0.3, -0.25) is 9.10 Å². The third kappa shape index (κ3) is 4.80. The van der Waals surface area contributed by atoms with Crippen molar-refractivity contribution >= 4 is 27.3 Å². The third-order valence-electron chi connectivity index (χ3n) is 4.40. The molecular weight excluding hydrogens is 364 g/mol. The Morgan fingerprint density at radius 1 is 1.11 bits per heavy atom. The van der Waals surface area contributed by atoms with E-state index in [-0.39, 0.29) is 11.7 Å². The Balaban J connectivity index is 1.61. The van der Waals surface area contributed by atoms with Crippen LogP contribution in [-0.4, -0.2) is 33.2 Å². The maximum atomic E-state index is 12.4. The molecular formula is C20H24N2O4S. The Morgan fingerprint density at radius 3 is 2.41 bits per heavy atom. The van der Waals surface area contributed by atoms with Gasteiger partial charge in [-0.25, -0.2) is 8.42 Å². The molecule has 7 heteroatoms. The quantitative estimate of drug-likeness (QED) is 0.735. The average molecular weight is 388 g/mol. The highest BCUT2D eigenvalue weighted by Crippen LogP contribution is 2.25. The Kier molecular flexibility index (Phi) is 6.01. The lowest BCUT2D eigenvalue weighted by Crippen LogP contribution is -2.24. The van der Waals surface area contributed by atoms with Gasteiger partial charge in [0.25, 0.3) is 5.91 Å². The molecule has 0 atom stereocenters. The predicted molar refractivity (Wildman–Crippen MR) is 107 cm³/mol. The number of nitrogens with one attached hydrogen (secondary N) is 1. The summed E-state index contributed by atoms with van der Waals surface area (Å²) in [5.41, 5.74) is 1.77. The molecule has 3 rings (SSSR count). The second-order valence-electron chi connectivity index (χ2n) is 6.47. The molecule has 6 nitrogen and oxygen atoms in total. The number of sulfonamides is 1. The van der Waals surface area contributed by atoms with Crippen LogP contribution in [0.15, 0.2) is 48.5 Å². The average Bonchev–Trinajstić information content (AvgIpc) is 3.02. The van der Waals surface area contributed by atoms with Gasteiger partial charge in [-0.05, 0) is 61.4 Å². The molecule has 1 saturated heterocycles. The fraction of sp³-hybridized carbons (Fsp3) is 0.350. The van der Waals surface area contributed by atoms with Gasteiger partial charge in [0.15, 0.2) is 0 Å². The van der Waals surface area contributed by atoms with Crippen molar-refractivity contribution in [3.63, 3.8) is 0 Å². The normalized spacial score (nSPS) is 15.5. The summed E-state index contributed by atoms with van der Waals surface area (Å²) >= 11 is 0. The van der Waals surface area contributed by atoms with Crippen molar-refractivity contribution in [3.8, 4) is 5.75 Å². The summed E-state index contributed by atoms with van der Waals surface area (Å²) in [4.78, 5) is 12.4. The summed E-state index contributed by atoms with van der Waals surface area (Å²) in [6.45, 7) is 3.27. The minimum atomic E-state index is -3.20. The third-order valence-corrected chi connectivity index (χ3v) is 6.27. The number of carbonyl (C=O) groups excluding carboxylic acids is 1. The standard InChI is InChI=1S/C20H24N2O4S/c1-2-3-14-26-19-11-5-16(6-12-19)20(23)21-17-7-9-18(10-8-17)22-13-4-15-27(22,24)25/h5-12H,2-4,13-15H2,1H3,(H,21,23). The Labute approximate surface area is 160 Å². The highest BCUT2D eigenvalue weighted by molar-refractivity contribution is 7.93. The van der Waals surface area contributed by atoms with Gasteiger partial charge >= 0.3 is 0 Å². The van der Waals surface area contributed by atoms with E-state index in [0.717, 1.165) is 18.6 Å². The first-order valence-corrected chi connectivity index (χ1v) is 10.8. The number of benzene rings is 2. The molecule has 0 saturated carbocycles. The van der Waals surface area contributed by atoms with Gasteiger partial charge in [0, 0.05) is 17.8 Å². The van der Waals surface area contributed by atoms with E-state index in [1.807, 2.05) is 0 Å². The van der Waals surface area contributed by atoms with E-state index in [2.05, 4.69) is 12.2 Å². The number of ether oxygens (including phenoxy) is 1. The smallest absolute Gasteiger partial charge is 0.255 e. The molecule has 0 radical (unpaired) electrons. The highest BCUT2D eigenvalue weighted by atomic mass is 32.2. The van der Waals surface area contributed by atoms with Crippen LogP contribution in [0.5, 0.6) is 5.75 Å². The van der Waals surface area contributed by atoms with E-state index in [1.54, 1.807) is 48.5 Å². The minimum Gasteiger partial charge on any atom is -0.494 e. The van der Waals surface area contributed by atoms with Crippen molar-refractivity contribution in [3.05, 3.63) is 54.1 Å². The zero-order chi connectivity index (χ0) is 19.3. The molecule has 1 heterocycles. The zero-order valence-electron chi connectivity index (χ0n) is 15.3. The lowest BCUT2D eigenvalue weighted by atomic mass is 10.2. The van der Waals surface area contributed by atoms with Crippen molar-refractivity contribution in [1.82, 2.24) is 0 Å². The summed E-state index contributed by atoms with van der Waals surface area (Å²) in [5.74, 6) is 0.705. The second kappa shape index (κ2) is 8.43. The molecule has 2 aromatic carbocycles. The molecule has 0 aromatic heterocycles. The van der Waals surface area contributed by atoms with Crippen molar-refractivity contribution in [1.29, 1.82) is 0 Å². The second-order valence-corrected chi connectivity index (χ2v) is 8.48. The maximum absolute atomic E-state index is 12.4. The Hall–Kier alpha value is -2.54. The van der Waals surface area contributed by atoms with Crippen molar-refractivity contribution < 1.29 is 17.9 Å². The summed E-state index contributed by atoms with van der Waals surface area (Å²) in [7, 11) is -3.20. The predicted octanol–water partition coefficient (Wildman–Crippen LogP) is 3.66. The number of anilines is 2. The van der Waals surface area contributed by atoms with Crippen LogP contribution in [0.2, 0.25) is 0 Å². The fourth-order valence-electron chi connectivity index (χ4n) is 2.88. The van der Waals surface area contributed by atoms with Crippen molar-refractivity contribution in [2.75, 3.05) is 28.5 Å². The van der Waals surface area contributed by atoms with Crippen LogP contribution in [0, 0.1) is 0 Å². The SMILES string of the molecule is CCCCOc1ccc(C(=O)Nc2ccc(N3CCCS3(=O)=O)cc2)cc1. The first-order chi connectivity index (χ1) is 13.0. The summed E-state index contributed by atoms with van der Waals surface area (Å²) < 4.78 is 30.9. The highest BCUT2D eigenvalue weighted by Gasteiger charge is 2.28. The van der Waals surface area contributed by atoms with Gasteiger partial charge in [-0.15, -0.1) is 0 Å². The molecule has 0 spiro atoms. The van der Waals surface area contributed by atoms with Crippen LogP contribution in [-0.2, 0) is 10.0 Å². The number of hydrogen-bond donors (Lipinski definition) is 1. The summed E-state index contributed by atoms with van der Waals surface area (Å²) in [6.07, 6.45) is 2.71. The fourth-order valence-corrected chi connectivity index (χ4v) is 4.45. The molecule has 0 bridgehead atoms. The van der Waals surface area contributed by atoms with Crippen LogP contribution >= 0.6 is 0 Å². The van der Waals surface area contributed by atoms with E-state index in [4.69, 9.17) is 4.74 Å². The van der Waals surface area contributed by atoms with Crippen LogP contribution in [0.1, 0.15) is 36.5 Å². The van der Waals surface area contributed by atoms with Gasteiger partial charge in [0.2, 0.25) is 10.0 Å². The number of nitrogens with zero attached hydrogens (tertiary/aromatic N) is 1. The Bertz CT molecular complexity index is 877. The first-order valence-electron chi connectivity index (χ1n) is 9.14. The number of carbonyl (C=O) groups is 1. The zero-order valence-corrected chi connectivity index (χ0v) is 16.2. The molecule has 1 aliphatic rings. The topological polar surface area (TPSA) is 75.7 Å². The molecule has 144 valence electrons. The minimum absolute atomic E-state index is 0.184. The van der Waals surface area contributed by atoms with E-state index >= 15 is 0 Å². The molecule has 1 N–H and O–H groups in total. The summed E-state index contributed by atoms with van der Waals surface area (Å²) in [5, 5.41) is 2.82. The monoisotopic (exact) mass is 388 g/mol. The van der Waals surface area contributed by atoms with Gasteiger partial charge < -0.3 is 10.1 Å². The number of rotatable bonds is 7. The van der Waals surface area contributed by atoms with E-state index < -0.39 is 10.0 Å². The lowest BCUT2D eigenvalue weighted by Gasteiger charge is -2.17. The van der Waals surface area contributed by atoms with Gasteiger partial charge in [0.05, 0.1) is 18.0 Å². The van der Waals surface area contributed by atoms with Crippen LogP contribution < -0.4 is 14.4 Å². The molecule has 0 aliphatic carbocycles. The van der Waals surface area contributed by atoms with Crippen LogP contribution in [0.25, 0.3) is 0 Å². The van der Waals surface area contributed by atoms with Crippen LogP contribution in [0.4, 0.5) is 11.4 Å². The van der Waals surface area contributed by atoms with Gasteiger partial charge in [-0.2, -0.15) is 0 Å². The van der Waals surface area contributed by atoms with Gasteiger partial charge in [-0.1, -0.05) is 13.3 Å². The van der Waals surface area contributed by atoms with Gasteiger partial charge in [0.1, 0.15) is 5.75 Å². The Morgan fingerprint density at radius 2 is 1.81 bits per heavy atom. The number of hydrogen-bond acceptors (Lipinski definition) is 4. The lowest BCUT2D eigenvalue weighted by molar-refractivity contribution is 0.102. The molecule has 2 aromatic rings. The van der Waals surface area contributed by atoms with E-state index in [9.17, 15) is 13.2 Å². The molecule has 1 amide bonds. The van der Waals surface area contributed by atoms with Crippen molar-refractivity contribution in [2.24, 2.45) is 0 Å². The number of unbranched alkanes of at least 4 members (excludes halogenated alkanes) is 1.